The third kappa shape index (κ3) is 6.29. The van der Waals surface area contributed by atoms with Gasteiger partial charge in [-0.1, -0.05) is 18.2 Å². The Hall–Kier alpha value is -2.24. The molecular weight excluding hydrogens is 322 g/mol. The molecule has 1 aliphatic rings. The van der Waals surface area contributed by atoms with Crippen LogP contribution in [0.1, 0.15) is 52.0 Å². The van der Waals surface area contributed by atoms with E-state index in [1.165, 1.54) is 0 Å². The van der Waals surface area contributed by atoms with Crippen LogP contribution in [0.3, 0.4) is 0 Å². The number of para-hydroxylation sites is 1. The number of rotatable bonds is 6. The Morgan fingerprint density at radius 2 is 1.88 bits per heavy atom. The second-order valence-electron chi connectivity index (χ2n) is 7.37. The van der Waals surface area contributed by atoms with E-state index in [1.54, 1.807) is 20.8 Å². The Morgan fingerprint density at radius 1 is 1.24 bits per heavy atom. The summed E-state index contributed by atoms with van der Waals surface area (Å²) in [4.78, 5) is 23.4. The molecule has 2 rings (SSSR count). The average molecular weight is 349 g/mol. The topological polar surface area (TPSA) is 84.9 Å². The number of alkyl carbamates (subject to hydrolysis) is 1. The van der Waals surface area contributed by atoms with Crippen molar-refractivity contribution in [2.24, 2.45) is 0 Å². The molecule has 1 fully saturated rings. The maximum atomic E-state index is 11.9. The summed E-state index contributed by atoms with van der Waals surface area (Å²) in [5, 5.41) is 11.9. The number of nitrogens with one attached hydrogen (secondary N) is 1. The van der Waals surface area contributed by atoms with Crippen molar-refractivity contribution in [2.45, 2.75) is 70.6 Å². The zero-order valence-corrected chi connectivity index (χ0v) is 15.1. The molecule has 6 nitrogen and oxygen atoms in total. The number of hydrogen-bond acceptors (Lipinski definition) is 4. The molecule has 0 saturated heterocycles. The van der Waals surface area contributed by atoms with Crippen LogP contribution in [-0.2, 0) is 16.0 Å². The number of hydrogen-bond donors (Lipinski definition) is 2. The maximum Gasteiger partial charge on any atom is 0.408 e. The minimum Gasteiger partial charge on any atom is -0.490 e. The van der Waals surface area contributed by atoms with E-state index in [2.05, 4.69) is 5.32 Å². The van der Waals surface area contributed by atoms with E-state index < -0.39 is 23.7 Å². The normalized spacial score (nSPS) is 16.3. The van der Waals surface area contributed by atoms with Gasteiger partial charge < -0.3 is 19.9 Å². The van der Waals surface area contributed by atoms with Gasteiger partial charge in [-0.2, -0.15) is 0 Å². The summed E-state index contributed by atoms with van der Waals surface area (Å²) in [6.45, 7) is 5.19. The highest BCUT2D eigenvalue weighted by atomic mass is 16.6. The van der Waals surface area contributed by atoms with Gasteiger partial charge in [-0.25, -0.2) is 9.59 Å². The average Bonchev–Trinajstić information content (AvgIpc) is 2.99. The molecule has 1 aliphatic carbocycles. The first-order valence-electron chi connectivity index (χ1n) is 8.71. The minimum atomic E-state index is -1.11. The van der Waals surface area contributed by atoms with Crippen molar-refractivity contribution in [3.05, 3.63) is 29.8 Å². The lowest BCUT2D eigenvalue weighted by Crippen LogP contribution is -2.44. The van der Waals surface area contributed by atoms with Gasteiger partial charge in [0.15, 0.2) is 0 Å². The van der Waals surface area contributed by atoms with Crippen LogP contribution in [0.15, 0.2) is 24.3 Å². The summed E-state index contributed by atoms with van der Waals surface area (Å²) in [5.41, 5.74) is 0.0780. The first-order valence-corrected chi connectivity index (χ1v) is 8.71. The van der Waals surface area contributed by atoms with Crippen LogP contribution in [0.2, 0.25) is 0 Å². The van der Waals surface area contributed by atoms with Crippen molar-refractivity contribution in [3.8, 4) is 5.75 Å². The van der Waals surface area contributed by atoms with E-state index in [9.17, 15) is 14.7 Å². The summed E-state index contributed by atoms with van der Waals surface area (Å²) in [5.74, 6) is -0.423. The van der Waals surface area contributed by atoms with E-state index in [1.807, 2.05) is 24.3 Å². The molecule has 0 heterocycles. The number of ether oxygens (including phenoxy) is 2. The van der Waals surface area contributed by atoms with Crippen molar-refractivity contribution in [1.82, 2.24) is 5.32 Å². The van der Waals surface area contributed by atoms with Crippen molar-refractivity contribution >= 4 is 12.1 Å². The van der Waals surface area contributed by atoms with Crippen LogP contribution in [0.25, 0.3) is 0 Å². The SMILES string of the molecule is CC(C)(C)OC(=O)NC(Cc1ccccc1OC1CCCC1)C(=O)O. The van der Waals surface area contributed by atoms with E-state index in [-0.39, 0.29) is 12.5 Å². The highest BCUT2D eigenvalue weighted by Gasteiger charge is 2.26. The highest BCUT2D eigenvalue weighted by molar-refractivity contribution is 5.80. The van der Waals surface area contributed by atoms with Gasteiger partial charge in [-0.05, 0) is 58.1 Å². The van der Waals surface area contributed by atoms with Crippen molar-refractivity contribution in [3.63, 3.8) is 0 Å². The number of aliphatic carboxylic acids is 1. The number of benzene rings is 1. The Balaban J connectivity index is 2.06. The van der Waals surface area contributed by atoms with Crippen molar-refractivity contribution < 1.29 is 24.2 Å². The number of carboxylic acids is 1. The predicted octanol–water partition coefficient (Wildman–Crippen LogP) is 3.53. The van der Waals surface area contributed by atoms with Crippen molar-refractivity contribution in [2.75, 3.05) is 0 Å². The number of carbonyl (C=O) groups excluding carboxylic acids is 1. The number of carbonyl (C=O) groups is 2. The lowest BCUT2D eigenvalue weighted by molar-refractivity contribution is -0.139. The van der Waals surface area contributed by atoms with Crippen LogP contribution >= 0.6 is 0 Å². The monoisotopic (exact) mass is 349 g/mol. The number of carboxylic acid groups (broad SMARTS) is 1. The van der Waals surface area contributed by atoms with Gasteiger partial charge in [0.1, 0.15) is 17.4 Å². The summed E-state index contributed by atoms with van der Waals surface area (Å²) in [6, 6.07) is 6.30. The molecule has 1 saturated carbocycles. The Labute approximate surface area is 148 Å². The second kappa shape index (κ2) is 8.23. The largest absolute Gasteiger partial charge is 0.490 e. The summed E-state index contributed by atoms with van der Waals surface area (Å²) in [7, 11) is 0. The lowest BCUT2D eigenvalue weighted by atomic mass is 10.0. The van der Waals surface area contributed by atoms with Gasteiger partial charge in [-0.3, -0.25) is 0 Å². The quantitative estimate of drug-likeness (QED) is 0.821. The summed E-state index contributed by atoms with van der Waals surface area (Å²) < 4.78 is 11.2. The zero-order chi connectivity index (χ0) is 18.4. The van der Waals surface area contributed by atoms with Gasteiger partial charge >= 0.3 is 12.1 Å². The fraction of sp³-hybridized carbons (Fsp3) is 0.579. The zero-order valence-electron chi connectivity index (χ0n) is 15.1. The summed E-state index contributed by atoms with van der Waals surface area (Å²) >= 11 is 0. The minimum absolute atomic E-state index is 0.136. The molecule has 1 unspecified atom stereocenters. The van der Waals surface area contributed by atoms with Gasteiger partial charge in [-0.15, -0.1) is 0 Å². The van der Waals surface area contributed by atoms with Crippen LogP contribution in [0, 0.1) is 0 Å². The smallest absolute Gasteiger partial charge is 0.408 e. The molecule has 2 N–H and O–H groups in total. The third-order valence-electron chi connectivity index (χ3n) is 3.98. The van der Waals surface area contributed by atoms with E-state index in [0.29, 0.717) is 5.75 Å². The molecule has 1 aromatic carbocycles. The molecule has 6 heteroatoms. The molecule has 0 spiro atoms. The van der Waals surface area contributed by atoms with E-state index >= 15 is 0 Å². The van der Waals surface area contributed by atoms with E-state index in [0.717, 1.165) is 31.2 Å². The second-order valence-corrected chi connectivity index (χ2v) is 7.37. The maximum absolute atomic E-state index is 11.9. The van der Waals surface area contributed by atoms with Crippen molar-refractivity contribution in [1.29, 1.82) is 0 Å². The first-order chi connectivity index (χ1) is 11.7. The molecule has 1 aromatic rings. The fourth-order valence-corrected chi connectivity index (χ4v) is 2.84. The Bertz CT molecular complexity index is 602. The number of amides is 1. The summed E-state index contributed by atoms with van der Waals surface area (Å²) in [6.07, 6.45) is 3.93. The molecular formula is C19H27NO5. The van der Waals surface area contributed by atoms with Gasteiger partial charge in [0.2, 0.25) is 0 Å². The molecule has 138 valence electrons. The lowest BCUT2D eigenvalue weighted by Gasteiger charge is -2.23. The molecule has 0 radical (unpaired) electrons. The van der Waals surface area contributed by atoms with Crippen LogP contribution in [0.4, 0.5) is 4.79 Å². The molecule has 0 aromatic heterocycles. The molecule has 1 atom stereocenters. The first kappa shape index (κ1) is 19.1. The molecule has 25 heavy (non-hydrogen) atoms. The van der Waals surface area contributed by atoms with Gasteiger partial charge in [0, 0.05) is 6.42 Å². The Kier molecular flexibility index (Phi) is 6.28. The fourth-order valence-electron chi connectivity index (χ4n) is 2.84. The standard InChI is InChI=1S/C19H27NO5/c1-19(2,3)25-18(23)20-15(17(21)22)12-13-8-4-7-11-16(13)24-14-9-5-6-10-14/h4,7-8,11,14-15H,5-6,9-10,12H2,1-3H3,(H,20,23)(H,21,22). The Morgan fingerprint density at radius 3 is 2.48 bits per heavy atom. The van der Waals surface area contributed by atoms with Crippen LogP contribution in [0.5, 0.6) is 5.75 Å². The van der Waals surface area contributed by atoms with Crippen LogP contribution < -0.4 is 10.1 Å². The molecule has 1 amide bonds. The van der Waals surface area contributed by atoms with Gasteiger partial charge in [0.25, 0.3) is 0 Å². The highest BCUT2D eigenvalue weighted by Crippen LogP contribution is 2.27. The molecule has 0 aliphatic heterocycles. The molecule has 0 bridgehead atoms. The van der Waals surface area contributed by atoms with Crippen LogP contribution in [-0.4, -0.2) is 34.9 Å². The third-order valence-corrected chi connectivity index (χ3v) is 3.98. The predicted molar refractivity (Wildman–Crippen MR) is 93.8 cm³/mol. The van der Waals surface area contributed by atoms with E-state index in [4.69, 9.17) is 9.47 Å². The van der Waals surface area contributed by atoms with Gasteiger partial charge in [0.05, 0.1) is 6.10 Å².